The van der Waals surface area contributed by atoms with Gasteiger partial charge in [-0.1, -0.05) is 17.7 Å². The zero-order chi connectivity index (χ0) is 23.3. The molecule has 166 valence electrons. The van der Waals surface area contributed by atoms with E-state index >= 15 is 0 Å². The molecule has 10 heteroatoms. The Hall–Kier alpha value is -4.05. The molecule has 0 saturated heterocycles. The van der Waals surface area contributed by atoms with E-state index in [2.05, 4.69) is 10.6 Å². The van der Waals surface area contributed by atoms with Gasteiger partial charge in [0, 0.05) is 11.4 Å². The summed E-state index contributed by atoms with van der Waals surface area (Å²) < 4.78 is 35.1. The molecule has 0 aliphatic rings. The van der Waals surface area contributed by atoms with Crippen LogP contribution in [-0.4, -0.2) is 32.6 Å². The summed E-state index contributed by atoms with van der Waals surface area (Å²) in [7, 11) is -2.72. The number of hydrogen-bond acceptors (Lipinski definition) is 6. The highest BCUT2D eigenvalue weighted by atomic mass is 32.2. The number of carboxylic acid groups (broad SMARTS) is 1. The van der Waals surface area contributed by atoms with Gasteiger partial charge in [0.25, 0.3) is 0 Å². The summed E-state index contributed by atoms with van der Waals surface area (Å²) in [6.07, 6.45) is 0. The van der Waals surface area contributed by atoms with E-state index in [1.165, 1.54) is 25.3 Å². The van der Waals surface area contributed by atoms with Crippen molar-refractivity contribution in [2.45, 2.75) is 11.8 Å². The number of carbonyl (C=O) groups is 2. The SMILES string of the molecule is COc1ccc(NC(=O)Nc2ccc(OS(=O)(=O)c3ccc(C)cc3)c(C(=O)O)c2)cc1. The maximum absolute atomic E-state index is 12.5. The molecule has 3 rings (SSSR count). The number of aromatic carboxylic acids is 1. The molecule has 9 nitrogen and oxygen atoms in total. The zero-order valence-electron chi connectivity index (χ0n) is 17.2. The van der Waals surface area contributed by atoms with Gasteiger partial charge in [-0.25, -0.2) is 9.59 Å². The fourth-order valence-corrected chi connectivity index (χ4v) is 3.63. The van der Waals surface area contributed by atoms with Crippen molar-refractivity contribution in [3.8, 4) is 11.5 Å². The predicted molar refractivity (Wildman–Crippen MR) is 118 cm³/mol. The molecule has 0 atom stereocenters. The van der Waals surface area contributed by atoms with Gasteiger partial charge < -0.3 is 24.7 Å². The fraction of sp³-hybridized carbons (Fsp3) is 0.0909. The van der Waals surface area contributed by atoms with Crippen molar-refractivity contribution in [2.24, 2.45) is 0 Å². The summed E-state index contributed by atoms with van der Waals surface area (Å²) in [5.41, 5.74) is 1.06. The lowest BCUT2D eigenvalue weighted by molar-refractivity contribution is 0.0695. The molecule has 0 fully saturated rings. The number of carboxylic acids is 1. The summed E-state index contributed by atoms with van der Waals surface area (Å²) in [5, 5.41) is 14.6. The van der Waals surface area contributed by atoms with Gasteiger partial charge in [-0.3, -0.25) is 0 Å². The first-order valence-corrected chi connectivity index (χ1v) is 10.7. The predicted octanol–water partition coefficient (Wildman–Crippen LogP) is 4.11. The Morgan fingerprint density at radius 2 is 1.47 bits per heavy atom. The molecule has 0 unspecified atom stereocenters. The molecular formula is C22H20N2O7S. The van der Waals surface area contributed by atoms with Crippen LogP contribution >= 0.6 is 0 Å². The molecule has 2 amide bonds. The third-order valence-corrected chi connectivity index (χ3v) is 5.57. The molecule has 0 aromatic heterocycles. The van der Waals surface area contributed by atoms with Gasteiger partial charge in [-0.05, 0) is 61.5 Å². The maximum atomic E-state index is 12.5. The number of methoxy groups -OCH3 is 1. The molecule has 3 N–H and O–H groups in total. The minimum atomic E-state index is -4.24. The number of anilines is 2. The topological polar surface area (TPSA) is 131 Å². The minimum Gasteiger partial charge on any atom is -0.497 e. The van der Waals surface area contributed by atoms with Gasteiger partial charge in [0.2, 0.25) is 0 Å². The Bertz CT molecular complexity index is 1240. The van der Waals surface area contributed by atoms with E-state index in [1.807, 2.05) is 0 Å². The van der Waals surface area contributed by atoms with Crippen LogP contribution in [0.25, 0.3) is 0 Å². The average Bonchev–Trinajstić information content (AvgIpc) is 2.75. The van der Waals surface area contributed by atoms with E-state index in [4.69, 9.17) is 8.92 Å². The monoisotopic (exact) mass is 456 g/mol. The van der Waals surface area contributed by atoms with Crippen molar-refractivity contribution in [1.29, 1.82) is 0 Å². The number of aryl methyl sites for hydroxylation is 1. The normalized spacial score (nSPS) is 10.8. The fourth-order valence-electron chi connectivity index (χ4n) is 2.69. The number of urea groups is 1. The average molecular weight is 456 g/mol. The van der Waals surface area contributed by atoms with Crippen molar-refractivity contribution < 1.29 is 32.0 Å². The summed E-state index contributed by atoms with van der Waals surface area (Å²) in [4.78, 5) is 23.8. The number of ether oxygens (including phenoxy) is 1. The summed E-state index contributed by atoms with van der Waals surface area (Å²) in [5.74, 6) is -1.17. The second-order valence-electron chi connectivity index (χ2n) is 6.67. The molecule has 0 aliphatic heterocycles. The van der Waals surface area contributed by atoms with Crippen molar-refractivity contribution in [1.82, 2.24) is 0 Å². The van der Waals surface area contributed by atoms with E-state index in [-0.39, 0.29) is 16.3 Å². The molecule has 3 aromatic rings. The first-order valence-electron chi connectivity index (χ1n) is 9.28. The maximum Gasteiger partial charge on any atom is 0.339 e. The van der Waals surface area contributed by atoms with Gasteiger partial charge in [0.05, 0.1) is 7.11 Å². The first-order chi connectivity index (χ1) is 15.2. The van der Waals surface area contributed by atoms with E-state index in [9.17, 15) is 23.1 Å². The summed E-state index contributed by atoms with van der Waals surface area (Å²) >= 11 is 0. The summed E-state index contributed by atoms with van der Waals surface area (Å²) in [6, 6.07) is 15.5. The van der Waals surface area contributed by atoms with Crippen LogP contribution in [0.4, 0.5) is 16.2 Å². The van der Waals surface area contributed by atoms with Gasteiger partial charge in [0.15, 0.2) is 5.75 Å². The highest BCUT2D eigenvalue weighted by molar-refractivity contribution is 7.87. The number of benzene rings is 3. The molecule has 0 heterocycles. The Balaban J connectivity index is 1.77. The van der Waals surface area contributed by atoms with E-state index < -0.39 is 27.7 Å². The molecule has 32 heavy (non-hydrogen) atoms. The number of nitrogens with one attached hydrogen (secondary N) is 2. The van der Waals surface area contributed by atoms with Crippen LogP contribution < -0.4 is 19.6 Å². The van der Waals surface area contributed by atoms with Gasteiger partial charge in [-0.2, -0.15) is 8.42 Å². The van der Waals surface area contributed by atoms with Crippen molar-refractivity contribution in [3.63, 3.8) is 0 Å². The van der Waals surface area contributed by atoms with E-state index in [1.54, 1.807) is 43.3 Å². The molecular weight excluding hydrogens is 436 g/mol. The van der Waals surface area contributed by atoms with Crippen LogP contribution in [0.15, 0.2) is 71.6 Å². The Morgan fingerprint density at radius 3 is 2.06 bits per heavy atom. The Morgan fingerprint density at radius 1 is 0.875 bits per heavy atom. The quantitative estimate of drug-likeness (QED) is 0.456. The number of hydrogen-bond donors (Lipinski definition) is 3. The number of rotatable bonds is 7. The minimum absolute atomic E-state index is 0.111. The van der Waals surface area contributed by atoms with E-state index in [0.29, 0.717) is 11.4 Å². The van der Waals surface area contributed by atoms with Gasteiger partial charge in [0.1, 0.15) is 16.2 Å². The molecule has 0 saturated carbocycles. The van der Waals surface area contributed by atoms with Crippen molar-refractivity contribution in [3.05, 3.63) is 77.9 Å². The lowest BCUT2D eigenvalue weighted by Gasteiger charge is -2.12. The van der Waals surface area contributed by atoms with Crippen LogP contribution in [-0.2, 0) is 10.1 Å². The third-order valence-electron chi connectivity index (χ3n) is 4.32. The second-order valence-corrected chi connectivity index (χ2v) is 8.22. The second kappa shape index (κ2) is 9.40. The first kappa shape index (κ1) is 22.6. The Labute approximate surface area is 184 Å². The molecule has 0 spiro atoms. The zero-order valence-corrected chi connectivity index (χ0v) is 18.0. The summed E-state index contributed by atoms with van der Waals surface area (Å²) in [6.45, 7) is 1.80. The standard InChI is InChI=1S/C22H20N2O7S/c1-14-3-10-18(11-4-14)32(28,29)31-20-12-7-16(13-19(20)21(25)26)24-22(27)23-15-5-8-17(30-2)9-6-15/h3-13H,1-2H3,(H,25,26)(H2,23,24,27). The number of amides is 2. The van der Waals surface area contributed by atoms with Crippen LogP contribution in [0.2, 0.25) is 0 Å². The van der Waals surface area contributed by atoms with Gasteiger partial charge >= 0.3 is 22.1 Å². The van der Waals surface area contributed by atoms with Crippen molar-refractivity contribution in [2.75, 3.05) is 17.7 Å². The lowest BCUT2D eigenvalue weighted by atomic mass is 10.2. The molecule has 0 bridgehead atoms. The van der Waals surface area contributed by atoms with Crippen LogP contribution in [0.1, 0.15) is 15.9 Å². The van der Waals surface area contributed by atoms with E-state index in [0.717, 1.165) is 17.7 Å². The van der Waals surface area contributed by atoms with Gasteiger partial charge in [-0.15, -0.1) is 0 Å². The lowest BCUT2D eigenvalue weighted by Crippen LogP contribution is -2.20. The highest BCUT2D eigenvalue weighted by Crippen LogP contribution is 2.27. The highest BCUT2D eigenvalue weighted by Gasteiger charge is 2.21. The Kier molecular flexibility index (Phi) is 6.64. The van der Waals surface area contributed by atoms with Crippen molar-refractivity contribution >= 4 is 33.5 Å². The smallest absolute Gasteiger partial charge is 0.339 e. The molecule has 3 aromatic carbocycles. The van der Waals surface area contributed by atoms with Crippen LogP contribution in [0, 0.1) is 6.92 Å². The third kappa shape index (κ3) is 5.55. The van der Waals surface area contributed by atoms with Crippen LogP contribution in [0.3, 0.4) is 0 Å². The largest absolute Gasteiger partial charge is 0.497 e. The number of carbonyl (C=O) groups excluding carboxylic acids is 1. The molecule has 0 radical (unpaired) electrons. The molecule has 0 aliphatic carbocycles. The van der Waals surface area contributed by atoms with Crippen LogP contribution in [0.5, 0.6) is 11.5 Å².